The number of rotatable bonds is 3. The topological polar surface area (TPSA) is 46.2 Å². The van der Waals surface area contributed by atoms with E-state index in [4.69, 9.17) is 0 Å². The van der Waals surface area contributed by atoms with Gasteiger partial charge in [0.1, 0.15) is 0 Å². The van der Waals surface area contributed by atoms with Gasteiger partial charge in [-0.25, -0.2) is 8.42 Å². The third-order valence-corrected chi connectivity index (χ3v) is 4.98. The van der Waals surface area contributed by atoms with Crippen molar-refractivity contribution in [3.63, 3.8) is 0 Å². The molecule has 1 aliphatic heterocycles. The Bertz CT molecular complexity index is 250. The summed E-state index contributed by atoms with van der Waals surface area (Å²) in [5, 5.41) is 3.23. The maximum absolute atomic E-state index is 11.5. The van der Waals surface area contributed by atoms with Gasteiger partial charge in [-0.3, -0.25) is 0 Å². The molecule has 0 bridgehead atoms. The molecule has 1 N–H and O–H groups in total. The highest BCUT2D eigenvalue weighted by Gasteiger charge is 2.37. The van der Waals surface area contributed by atoms with Gasteiger partial charge in [0, 0.05) is 6.04 Å². The summed E-state index contributed by atoms with van der Waals surface area (Å²) in [4.78, 5) is 0. The van der Waals surface area contributed by atoms with Gasteiger partial charge in [0.15, 0.2) is 9.84 Å². The monoisotopic (exact) mass is 189 g/mol. The van der Waals surface area contributed by atoms with Gasteiger partial charge >= 0.3 is 0 Å². The normalized spacial score (nSPS) is 30.8. The highest BCUT2D eigenvalue weighted by atomic mass is 32.2. The standard InChI is InChI=1S/C8H15NO2S/c10-12(11,8-3-4-8)6-7-2-1-5-9-7/h7-9H,1-6H2. The first-order valence-electron chi connectivity index (χ1n) is 4.63. The maximum atomic E-state index is 11.5. The van der Waals surface area contributed by atoms with Gasteiger partial charge in [-0.2, -0.15) is 0 Å². The molecule has 0 amide bonds. The first-order valence-corrected chi connectivity index (χ1v) is 6.35. The zero-order valence-corrected chi connectivity index (χ0v) is 7.94. The van der Waals surface area contributed by atoms with Crippen LogP contribution in [0.25, 0.3) is 0 Å². The zero-order valence-electron chi connectivity index (χ0n) is 7.12. The van der Waals surface area contributed by atoms with Crippen LogP contribution in [0, 0.1) is 0 Å². The molecule has 4 heteroatoms. The SMILES string of the molecule is O=S(=O)(CC1CCCN1)C1CC1. The Kier molecular flexibility index (Phi) is 2.12. The van der Waals surface area contributed by atoms with E-state index in [1.54, 1.807) is 0 Å². The Labute approximate surface area is 73.5 Å². The third-order valence-electron chi connectivity index (χ3n) is 2.63. The van der Waals surface area contributed by atoms with Crippen molar-refractivity contribution in [2.75, 3.05) is 12.3 Å². The minimum absolute atomic E-state index is 0.0138. The first-order chi connectivity index (χ1) is 5.68. The molecule has 0 aromatic heterocycles. The quantitative estimate of drug-likeness (QED) is 0.695. The highest BCUT2D eigenvalue weighted by Crippen LogP contribution is 2.29. The van der Waals surface area contributed by atoms with Crippen molar-refractivity contribution in [3.8, 4) is 0 Å². The molecule has 2 rings (SSSR count). The summed E-state index contributed by atoms with van der Waals surface area (Å²) < 4.78 is 23.0. The van der Waals surface area contributed by atoms with Crippen LogP contribution in [0.5, 0.6) is 0 Å². The van der Waals surface area contributed by atoms with Crippen LogP contribution in [-0.4, -0.2) is 32.0 Å². The molecular formula is C8H15NO2S. The lowest BCUT2D eigenvalue weighted by atomic mass is 10.3. The summed E-state index contributed by atoms with van der Waals surface area (Å²) >= 11 is 0. The summed E-state index contributed by atoms with van der Waals surface area (Å²) in [7, 11) is -2.73. The first kappa shape index (κ1) is 8.51. The van der Waals surface area contributed by atoms with Crippen LogP contribution in [0.15, 0.2) is 0 Å². The second-order valence-corrected chi connectivity index (χ2v) is 6.15. The van der Waals surface area contributed by atoms with E-state index in [1.807, 2.05) is 0 Å². The predicted molar refractivity (Wildman–Crippen MR) is 47.8 cm³/mol. The van der Waals surface area contributed by atoms with Gasteiger partial charge in [0.2, 0.25) is 0 Å². The molecule has 1 heterocycles. The van der Waals surface area contributed by atoms with E-state index in [-0.39, 0.29) is 11.3 Å². The largest absolute Gasteiger partial charge is 0.313 e. The Morgan fingerprint density at radius 2 is 2.00 bits per heavy atom. The molecule has 0 aromatic carbocycles. The lowest BCUT2D eigenvalue weighted by Gasteiger charge is -2.09. The molecule has 0 radical (unpaired) electrons. The minimum atomic E-state index is -2.73. The fourth-order valence-electron chi connectivity index (χ4n) is 1.74. The fraction of sp³-hybridized carbons (Fsp3) is 1.00. The average Bonchev–Trinajstić information content (AvgIpc) is 2.74. The van der Waals surface area contributed by atoms with Crippen molar-refractivity contribution >= 4 is 9.84 Å². The lowest BCUT2D eigenvalue weighted by molar-refractivity contribution is 0.576. The zero-order chi connectivity index (χ0) is 8.60. The van der Waals surface area contributed by atoms with Crippen molar-refractivity contribution in [2.24, 2.45) is 0 Å². The van der Waals surface area contributed by atoms with E-state index >= 15 is 0 Å². The summed E-state index contributed by atoms with van der Waals surface area (Å²) in [6, 6.07) is 0.246. The van der Waals surface area contributed by atoms with Crippen LogP contribution in [-0.2, 0) is 9.84 Å². The molecule has 1 atom stereocenters. The van der Waals surface area contributed by atoms with Crippen molar-refractivity contribution in [3.05, 3.63) is 0 Å². The number of sulfone groups is 1. The summed E-state index contributed by atoms with van der Waals surface area (Å²) in [6.07, 6.45) is 3.96. The molecule has 70 valence electrons. The average molecular weight is 189 g/mol. The second-order valence-electron chi connectivity index (χ2n) is 3.82. The van der Waals surface area contributed by atoms with Gasteiger partial charge in [0.25, 0.3) is 0 Å². The van der Waals surface area contributed by atoms with Crippen LogP contribution in [0.1, 0.15) is 25.7 Å². The van der Waals surface area contributed by atoms with E-state index < -0.39 is 9.84 Å². The van der Waals surface area contributed by atoms with E-state index in [0.717, 1.165) is 32.2 Å². The second kappa shape index (κ2) is 3.00. The van der Waals surface area contributed by atoms with Crippen molar-refractivity contribution in [1.29, 1.82) is 0 Å². The van der Waals surface area contributed by atoms with E-state index in [1.165, 1.54) is 0 Å². The van der Waals surface area contributed by atoms with E-state index in [9.17, 15) is 8.42 Å². The Morgan fingerprint density at radius 3 is 2.50 bits per heavy atom. The van der Waals surface area contributed by atoms with Gasteiger partial charge in [-0.05, 0) is 32.2 Å². The Hall–Kier alpha value is -0.0900. The summed E-state index contributed by atoms with van der Waals surface area (Å²) in [5.74, 6) is 0.373. The minimum Gasteiger partial charge on any atom is -0.313 e. The van der Waals surface area contributed by atoms with Crippen LogP contribution in [0.4, 0.5) is 0 Å². The Balaban J connectivity index is 1.92. The van der Waals surface area contributed by atoms with E-state index in [0.29, 0.717) is 5.75 Å². The number of nitrogens with one attached hydrogen (secondary N) is 1. The van der Waals surface area contributed by atoms with Gasteiger partial charge in [-0.15, -0.1) is 0 Å². The fourth-order valence-corrected chi connectivity index (χ4v) is 3.71. The summed E-state index contributed by atoms with van der Waals surface area (Å²) in [5.41, 5.74) is 0. The number of hydrogen-bond acceptors (Lipinski definition) is 3. The molecule has 0 aromatic rings. The molecule has 1 unspecified atom stereocenters. The smallest absolute Gasteiger partial charge is 0.154 e. The van der Waals surface area contributed by atoms with E-state index in [2.05, 4.69) is 5.32 Å². The van der Waals surface area contributed by atoms with Crippen LogP contribution in [0.3, 0.4) is 0 Å². The van der Waals surface area contributed by atoms with Gasteiger partial charge < -0.3 is 5.32 Å². The van der Waals surface area contributed by atoms with Gasteiger partial charge in [0.05, 0.1) is 11.0 Å². The third kappa shape index (κ3) is 1.80. The molecule has 1 saturated carbocycles. The van der Waals surface area contributed by atoms with Crippen molar-refractivity contribution < 1.29 is 8.42 Å². The maximum Gasteiger partial charge on any atom is 0.154 e. The summed E-state index contributed by atoms with van der Waals surface area (Å²) in [6.45, 7) is 0.991. The number of hydrogen-bond donors (Lipinski definition) is 1. The van der Waals surface area contributed by atoms with Crippen LogP contribution in [0.2, 0.25) is 0 Å². The van der Waals surface area contributed by atoms with Gasteiger partial charge in [-0.1, -0.05) is 0 Å². The van der Waals surface area contributed by atoms with Crippen LogP contribution >= 0.6 is 0 Å². The highest BCUT2D eigenvalue weighted by molar-refractivity contribution is 7.92. The molecule has 2 fully saturated rings. The van der Waals surface area contributed by atoms with Crippen molar-refractivity contribution in [2.45, 2.75) is 37.0 Å². The van der Waals surface area contributed by atoms with Crippen molar-refractivity contribution in [1.82, 2.24) is 5.32 Å². The molecule has 1 aliphatic carbocycles. The molecule has 3 nitrogen and oxygen atoms in total. The molecule has 12 heavy (non-hydrogen) atoms. The molecule has 2 aliphatic rings. The predicted octanol–water partition coefficient (Wildman–Crippen LogP) is 0.316. The lowest BCUT2D eigenvalue weighted by Crippen LogP contribution is -2.31. The molecular weight excluding hydrogens is 174 g/mol. The molecule has 0 spiro atoms. The molecule has 1 saturated heterocycles. The Morgan fingerprint density at radius 1 is 1.25 bits per heavy atom. The van der Waals surface area contributed by atoms with Crippen LogP contribution < -0.4 is 5.32 Å².